The van der Waals surface area contributed by atoms with Crippen molar-refractivity contribution < 1.29 is 9.59 Å². The maximum Gasteiger partial charge on any atom is 0.242 e. The third kappa shape index (κ3) is 5.03. The van der Waals surface area contributed by atoms with E-state index in [1.54, 1.807) is 6.92 Å². The number of hydrogen-bond acceptors (Lipinski definition) is 2. The molecule has 2 N–H and O–H groups in total. The summed E-state index contributed by atoms with van der Waals surface area (Å²) >= 11 is 0. The minimum absolute atomic E-state index is 0.129. The van der Waals surface area contributed by atoms with E-state index < -0.39 is 11.5 Å². The highest BCUT2D eigenvalue weighted by atomic mass is 16.2. The highest BCUT2D eigenvalue weighted by molar-refractivity contribution is 5.89. The van der Waals surface area contributed by atoms with Gasteiger partial charge < -0.3 is 10.6 Å². The lowest BCUT2D eigenvalue weighted by atomic mass is 9.95. The molecule has 0 aromatic heterocycles. The van der Waals surface area contributed by atoms with Gasteiger partial charge in [0.25, 0.3) is 0 Å². The molecule has 0 aliphatic heterocycles. The van der Waals surface area contributed by atoms with Gasteiger partial charge in [-0.2, -0.15) is 0 Å². The van der Waals surface area contributed by atoms with Gasteiger partial charge in [-0.05, 0) is 19.4 Å². The number of rotatable bonds is 4. The predicted molar refractivity (Wildman–Crippen MR) is 80.1 cm³/mol. The first-order valence-corrected chi connectivity index (χ1v) is 6.84. The Morgan fingerprint density at radius 3 is 2.45 bits per heavy atom. The summed E-state index contributed by atoms with van der Waals surface area (Å²) in [6, 6.07) is 7.43. The van der Waals surface area contributed by atoms with E-state index in [4.69, 9.17) is 0 Å². The van der Waals surface area contributed by atoms with E-state index in [1.807, 2.05) is 52.0 Å². The minimum atomic E-state index is -0.536. The Morgan fingerprint density at radius 2 is 1.90 bits per heavy atom. The Kier molecular flexibility index (Phi) is 5.31. The Balaban J connectivity index is 2.48. The van der Waals surface area contributed by atoms with Crippen molar-refractivity contribution in [1.82, 2.24) is 10.6 Å². The first-order valence-electron chi connectivity index (χ1n) is 6.84. The largest absolute Gasteiger partial charge is 0.350 e. The summed E-state index contributed by atoms with van der Waals surface area (Å²) in [5, 5.41) is 5.55. The molecule has 0 fully saturated rings. The fourth-order valence-corrected chi connectivity index (χ4v) is 1.64. The lowest BCUT2D eigenvalue weighted by molar-refractivity contribution is -0.133. The van der Waals surface area contributed by atoms with E-state index in [9.17, 15) is 9.59 Å². The molecule has 20 heavy (non-hydrogen) atoms. The SMILES string of the molecule is Cc1cccc(CNC(=O)C(C)NC(=O)C(C)(C)C)c1. The van der Waals surface area contributed by atoms with Gasteiger partial charge in [-0.3, -0.25) is 9.59 Å². The van der Waals surface area contributed by atoms with Crippen molar-refractivity contribution in [3.63, 3.8) is 0 Å². The minimum Gasteiger partial charge on any atom is -0.350 e. The third-order valence-corrected chi connectivity index (χ3v) is 2.97. The Labute approximate surface area is 121 Å². The van der Waals surface area contributed by atoms with Crippen molar-refractivity contribution in [2.75, 3.05) is 0 Å². The second kappa shape index (κ2) is 6.55. The molecule has 1 aromatic carbocycles. The molecule has 2 amide bonds. The normalized spacial score (nSPS) is 12.7. The standard InChI is InChI=1S/C16H24N2O2/c1-11-7-6-8-13(9-11)10-17-14(19)12(2)18-15(20)16(3,4)5/h6-9,12H,10H2,1-5H3,(H,17,19)(H,18,20). The summed E-state index contributed by atoms with van der Waals surface area (Å²) in [5.41, 5.74) is 1.71. The predicted octanol–water partition coefficient (Wildman–Crippen LogP) is 2.16. The molecule has 0 aliphatic carbocycles. The first kappa shape index (κ1) is 16.2. The van der Waals surface area contributed by atoms with Gasteiger partial charge in [0.2, 0.25) is 11.8 Å². The summed E-state index contributed by atoms with van der Waals surface area (Å²) in [5.74, 6) is -0.306. The molecule has 1 rings (SSSR count). The zero-order valence-electron chi connectivity index (χ0n) is 12.9. The van der Waals surface area contributed by atoms with Gasteiger partial charge in [-0.1, -0.05) is 50.6 Å². The summed E-state index contributed by atoms with van der Waals surface area (Å²) in [6.45, 7) is 9.63. The second-order valence-corrected chi connectivity index (χ2v) is 6.15. The average molecular weight is 276 g/mol. The van der Waals surface area contributed by atoms with Crippen LogP contribution in [0.2, 0.25) is 0 Å². The topological polar surface area (TPSA) is 58.2 Å². The molecule has 0 spiro atoms. The number of carbonyl (C=O) groups excluding carboxylic acids is 2. The maximum absolute atomic E-state index is 11.9. The van der Waals surface area contributed by atoms with Crippen LogP contribution in [0, 0.1) is 12.3 Å². The number of aryl methyl sites for hydroxylation is 1. The van der Waals surface area contributed by atoms with Crippen LogP contribution >= 0.6 is 0 Å². The van der Waals surface area contributed by atoms with E-state index >= 15 is 0 Å². The van der Waals surface area contributed by atoms with Crippen molar-refractivity contribution >= 4 is 11.8 Å². The third-order valence-electron chi connectivity index (χ3n) is 2.97. The van der Waals surface area contributed by atoms with Crippen molar-refractivity contribution in [2.45, 2.75) is 47.2 Å². The molecule has 0 radical (unpaired) electrons. The van der Waals surface area contributed by atoms with E-state index in [0.717, 1.165) is 11.1 Å². The molecule has 0 saturated heterocycles. The van der Waals surface area contributed by atoms with Gasteiger partial charge in [0.15, 0.2) is 0 Å². The van der Waals surface area contributed by atoms with Gasteiger partial charge in [0, 0.05) is 12.0 Å². The molecule has 0 heterocycles. The smallest absolute Gasteiger partial charge is 0.242 e. The van der Waals surface area contributed by atoms with Gasteiger partial charge in [-0.15, -0.1) is 0 Å². The van der Waals surface area contributed by atoms with E-state index in [-0.39, 0.29) is 11.8 Å². The fourth-order valence-electron chi connectivity index (χ4n) is 1.64. The second-order valence-electron chi connectivity index (χ2n) is 6.15. The van der Waals surface area contributed by atoms with Gasteiger partial charge in [-0.25, -0.2) is 0 Å². The molecule has 110 valence electrons. The molecular weight excluding hydrogens is 252 g/mol. The Hall–Kier alpha value is -1.84. The number of nitrogens with one attached hydrogen (secondary N) is 2. The van der Waals surface area contributed by atoms with Crippen LogP contribution < -0.4 is 10.6 Å². The quantitative estimate of drug-likeness (QED) is 0.885. The molecule has 0 bridgehead atoms. The highest BCUT2D eigenvalue weighted by Crippen LogP contribution is 2.12. The number of benzene rings is 1. The van der Waals surface area contributed by atoms with Crippen LogP contribution in [0.4, 0.5) is 0 Å². The lowest BCUT2D eigenvalue weighted by Crippen LogP contribution is -2.48. The average Bonchev–Trinajstić information content (AvgIpc) is 2.34. The number of amides is 2. The molecule has 1 unspecified atom stereocenters. The van der Waals surface area contributed by atoms with E-state index in [2.05, 4.69) is 10.6 Å². The molecule has 0 aliphatic rings. The summed E-state index contributed by atoms with van der Waals surface area (Å²) < 4.78 is 0. The molecule has 4 nitrogen and oxygen atoms in total. The van der Waals surface area contributed by atoms with Crippen molar-refractivity contribution in [2.24, 2.45) is 5.41 Å². The van der Waals surface area contributed by atoms with Crippen LogP contribution in [0.3, 0.4) is 0 Å². The monoisotopic (exact) mass is 276 g/mol. The molecule has 1 aromatic rings. The van der Waals surface area contributed by atoms with Crippen molar-refractivity contribution in [1.29, 1.82) is 0 Å². The molecular formula is C16H24N2O2. The maximum atomic E-state index is 11.9. The highest BCUT2D eigenvalue weighted by Gasteiger charge is 2.24. The van der Waals surface area contributed by atoms with Crippen LogP contribution in [0.25, 0.3) is 0 Å². The van der Waals surface area contributed by atoms with Crippen LogP contribution in [0.15, 0.2) is 24.3 Å². The van der Waals surface area contributed by atoms with Gasteiger partial charge in [0.1, 0.15) is 6.04 Å². The van der Waals surface area contributed by atoms with Crippen molar-refractivity contribution in [3.05, 3.63) is 35.4 Å². The van der Waals surface area contributed by atoms with Gasteiger partial charge >= 0.3 is 0 Å². The van der Waals surface area contributed by atoms with E-state index in [1.165, 1.54) is 0 Å². The first-order chi connectivity index (χ1) is 9.20. The van der Waals surface area contributed by atoms with E-state index in [0.29, 0.717) is 6.54 Å². The lowest BCUT2D eigenvalue weighted by Gasteiger charge is -2.21. The summed E-state index contributed by atoms with van der Waals surface area (Å²) in [4.78, 5) is 23.7. The van der Waals surface area contributed by atoms with Crippen LogP contribution in [-0.2, 0) is 16.1 Å². The summed E-state index contributed by atoms with van der Waals surface area (Å²) in [7, 11) is 0. The molecule has 0 saturated carbocycles. The number of carbonyl (C=O) groups is 2. The van der Waals surface area contributed by atoms with Gasteiger partial charge in [0.05, 0.1) is 0 Å². The zero-order valence-corrected chi connectivity index (χ0v) is 12.9. The number of hydrogen-bond donors (Lipinski definition) is 2. The fraction of sp³-hybridized carbons (Fsp3) is 0.500. The molecule has 4 heteroatoms. The van der Waals surface area contributed by atoms with Crippen LogP contribution in [-0.4, -0.2) is 17.9 Å². The molecule has 1 atom stereocenters. The van der Waals surface area contributed by atoms with Crippen molar-refractivity contribution in [3.8, 4) is 0 Å². The Bertz CT molecular complexity index is 489. The van der Waals surface area contributed by atoms with Crippen LogP contribution in [0.5, 0.6) is 0 Å². The summed E-state index contributed by atoms with van der Waals surface area (Å²) in [6.07, 6.45) is 0. The zero-order chi connectivity index (χ0) is 15.3. The van der Waals surface area contributed by atoms with Crippen LogP contribution in [0.1, 0.15) is 38.8 Å². The Morgan fingerprint density at radius 1 is 1.25 bits per heavy atom.